The molecular formula is C18H28FN3O2S. The second-order valence-corrected chi connectivity index (χ2v) is 6.54. The van der Waals surface area contributed by atoms with Gasteiger partial charge in [0.25, 0.3) is 0 Å². The van der Waals surface area contributed by atoms with Crippen LogP contribution >= 0.6 is 12.2 Å². The summed E-state index contributed by atoms with van der Waals surface area (Å²) >= 11 is 5.13. The van der Waals surface area contributed by atoms with Gasteiger partial charge < -0.3 is 10.1 Å². The molecule has 0 aromatic heterocycles. The van der Waals surface area contributed by atoms with Crippen molar-refractivity contribution >= 4 is 23.2 Å². The number of unbranched alkanes of at least 4 members (excludes halogenated alkanes) is 2. The Hall–Kier alpha value is -1.89. The molecule has 0 radical (unpaired) electrons. The maximum Gasteiger partial charge on any atom is 0.242 e. The zero-order valence-corrected chi connectivity index (χ0v) is 16.0. The van der Waals surface area contributed by atoms with E-state index < -0.39 is 5.82 Å². The molecule has 5 nitrogen and oxygen atoms in total. The maximum absolute atomic E-state index is 13.6. The minimum atomic E-state index is -0.491. The van der Waals surface area contributed by atoms with Gasteiger partial charge >= 0.3 is 0 Å². The number of rotatable bonds is 9. The van der Waals surface area contributed by atoms with Crippen LogP contribution in [-0.4, -0.2) is 24.7 Å². The summed E-state index contributed by atoms with van der Waals surface area (Å²) in [7, 11) is 1.40. The first-order valence-corrected chi connectivity index (χ1v) is 9.02. The maximum atomic E-state index is 13.6. The molecule has 1 atom stereocenters. The molecule has 0 saturated carbocycles. The minimum absolute atomic E-state index is 0.0456. The summed E-state index contributed by atoms with van der Waals surface area (Å²) in [6.45, 7) is 5.11. The SMILES string of the molecule is CCCCC[C@@H](C)CNC(=S)NNC(=O)Cc1ccc(OC)c(F)c1. The number of thiocarbonyl (C=S) groups is 1. The van der Waals surface area contributed by atoms with Gasteiger partial charge in [-0.15, -0.1) is 0 Å². The van der Waals surface area contributed by atoms with Gasteiger partial charge in [-0.25, -0.2) is 4.39 Å². The molecule has 0 fully saturated rings. The number of benzene rings is 1. The lowest BCUT2D eigenvalue weighted by Gasteiger charge is -2.15. The fourth-order valence-electron chi connectivity index (χ4n) is 2.33. The van der Waals surface area contributed by atoms with Crippen molar-refractivity contribution in [1.82, 2.24) is 16.2 Å². The lowest BCUT2D eigenvalue weighted by atomic mass is 10.0. The normalized spacial score (nSPS) is 11.5. The molecule has 0 unspecified atom stereocenters. The molecular weight excluding hydrogens is 341 g/mol. The lowest BCUT2D eigenvalue weighted by molar-refractivity contribution is -0.121. The number of carbonyl (C=O) groups is 1. The highest BCUT2D eigenvalue weighted by molar-refractivity contribution is 7.80. The summed E-state index contributed by atoms with van der Waals surface area (Å²) in [4.78, 5) is 11.9. The third-order valence-electron chi connectivity index (χ3n) is 3.81. The van der Waals surface area contributed by atoms with E-state index in [9.17, 15) is 9.18 Å². The van der Waals surface area contributed by atoms with E-state index in [0.29, 0.717) is 16.6 Å². The van der Waals surface area contributed by atoms with Crippen molar-refractivity contribution in [2.24, 2.45) is 5.92 Å². The van der Waals surface area contributed by atoms with Gasteiger partial charge in [-0.2, -0.15) is 0 Å². The topological polar surface area (TPSA) is 62.4 Å². The van der Waals surface area contributed by atoms with E-state index in [2.05, 4.69) is 30.0 Å². The molecule has 0 bridgehead atoms. The summed E-state index contributed by atoms with van der Waals surface area (Å²) in [5.74, 6) is -0.121. The van der Waals surface area contributed by atoms with Crippen LogP contribution in [0.3, 0.4) is 0 Å². The van der Waals surface area contributed by atoms with Crippen molar-refractivity contribution in [2.45, 2.75) is 46.0 Å². The first kappa shape index (κ1) is 21.2. The second-order valence-electron chi connectivity index (χ2n) is 6.13. The van der Waals surface area contributed by atoms with Gasteiger partial charge in [0.2, 0.25) is 5.91 Å². The van der Waals surface area contributed by atoms with Crippen LogP contribution in [0.1, 0.15) is 45.1 Å². The van der Waals surface area contributed by atoms with Crippen LogP contribution in [0.25, 0.3) is 0 Å². The number of hydrogen-bond acceptors (Lipinski definition) is 3. The number of ether oxygens (including phenoxy) is 1. The molecule has 0 aliphatic carbocycles. The van der Waals surface area contributed by atoms with E-state index in [0.717, 1.165) is 13.0 Å². The molecule has 0 heterocycles. The molecule has 1 aromatic rings. The first-order valence-electron chi connectivity index (χ1n) is 8.61. The monoisotopic (exact) mass is 369 g/mol. The molecule has 0 aliphatic rings. The van der Waals surface area contributed by atoms with E-state index in [1.165, 1.54) is 38.5 Å². The Labute approximate surface area is 154 Å². The number of hydrazine groups is 1. The third-order valence-corrected chi connectivity index (χ3v) is 4.05. The lowest BCUT2D eigenvalue weighted by Crippen LogP contribution is -2.48. The summed E-state index contributed by atoms with van der Waals surface area (Å²) in [5, 5.41) is 3.45. The highest BCUT2D eigenvalue weighted by atomic mass is 32.1. The van der Waals surface area contributed by atoms with Crippen molar-refractivity contribution in [3.05, 3.63) is 29.6 Å². The minimum Gasteiger partial charge on any atom is -0.494 e. The van der Waals surface area contributed by atoms with Gasteiger partial charge in [0.1, 0.15) is 0 Å². The van der Waals surface area contributed by atoms with Crippen LogP contribution in [-0.2, 0) is 11.2 Å². The van der Waals surface area contributed by atoms with Crippen LogP contribution in [0.2, 0.25) is 0 Å². The van der Waals surface area contributed by atoms with Gasteiger partial charge in [-0.1, -0.05) is 39.2 Å². The predicted octanol–water partition coefficient (Wildman–Crippen LogP) is 3.09. The molecule has 0 spiro atoms. The summed E-state index contributed by atoms with van der Waals surface area (Å²) < 4.78 is 18.4. The standard InChI is InChI=1S/C18H28FN3O2S/c1-4-5-6-7-13(2)12-20-18(25)22-21-17(23)11-14-8-9-16(24-3)15(19)10-14/h8-10,13H,4-7,11-12H2,1-3H3,(H,21,23)(H2,20,22,25)/t13-/m1/s1. The summed E-state index contributed by atoms with van der Waals surface area (Å²) in [5.41, 5.74) is 5.73. The van der Waals surface area contributed by atoms with Crippen LogP contribution in [0.4, 0.5) is 4.39 Å². The van der Waals surface area contributed by atoms with E-state index in [1.807, 2.05) is 0 Å². The molecule has 25 heavy (non-hydrogen) atoms. The van der Waals surface area contributed by atoms with E-state index in [4.69, 9.17) is 17.0 Å². The van der Waals surface area contributed by atoms with Crippen molar-refractivity contribution < 1.29 is 13.9 Å². The molecule has 1 aromatic carbocycles. The Balaban J connectivity index is 2.27. The number of methoxy groups -OCH3 is 1. The predicted molar refractivity (Wildman–Crippen MR) is 102 cm³/mol. The average Bonchev–Trinajstić information content (AvgIpc) is 2.58. The van der Waals surface area contributed by atoms with Gasteiger partial charge in [0.05, 0.1) is 13.5 Å². The smallest absolute Gasteiger partial charge is 0.242 e. The third kappa shape index (κ3) is 8.67. The van der Waals surface area contributed by atoms with Gasteiger partial charge in [-0.3, -0.25) is 15.6 Å². The van der Waals surface area contributed by atoms with Crippen LogP contribution < -0.4 is 20.9 Å². The fraction of sp³-hybridized carbons (Fsp3) is 0.556. The average molecular weight is 370 g/mol. The first-order chi connectivity index (χ1) is 12.0. The highest BCUT2D eigenvalue weighted by Gasteiger charge is 2.08. The Morgan fingerprint density at radius 2 is 2.08 bits per heavy atom. The molecule has 140 valence electrons. The van der Waals surface area contributed by atoms with Crippen LogP contribution in [0.15, 0.2) is 18.2 Å². The van der Waals surface area contributed by atoms with Crippen molar-refractivity contribution in [2.75, 3.05) is 13.7 Å². The molecule has 7 heteroatoms. The Morgan fingerprint density at radius 3 is 2.72 bits per heavy atom. The Kier molecular flexibility index (Phi) is 9.84. The van der Waals surface area contributed by atoms with Crippen molar-refractivity contribution in [3.63, 3.8) is 0 Å². The Morgan fingerprint density at radius 1 is 1.32 bits per heavy atom. The highest BCUT2D eigenvalue weighted by Crippen LogP contribution is 2.17. The number of nitrogens with one attached hydrogen (secondary N) is 3. The number of amides is 1. The molecule has 0 aliphatic heterocycles. The van der Waals surface area contributed by atoms with Gasteiger partial charge in [0, 0.05) is 6.54 Å². The van der Waals surface area contributed by atoms with Crippen LogP contribution in [0.5, 0.6) is 5.75 Å². The van der Waals surface area contributed by atoms with E-state index >= 15 is 0 Å². The van der Waals surface area contributed by atoms with Crippen molar-refractivity contribution in [1.29, 1.82) is 0 Å². The van der Waals surface area contributed by atoms with E-state index in [-0.39, 0.29) is 18.1 Å². The second kappa shape index (κ2) is 11.6. The van der Waals surface area contributed by atoms with Crippen LogP contribution in [0, 0.1) is 11.7 Å². The Bertz CT molecular complexity index is 569. The molecule has 0 saturated heterocycles. The molecule has 3 N–H and O–H groups in total. The zero-order valence-electron chi connectivity index (χ0n) is 15.2. The van der Waals surface area contributed by atoms with E-state index in [1.54, 1.807) is 6.07 Å². The van der Waals surface area contributed by atoms with Crippen molar-refractivity contribution in [3.8, 4) is 5.75 Å². The largest absolute Gasteiger partial charge is 0.494 e. The fourth-order valence-corrected chi connectivity index (χ4v) is 2.47. The number of hydrogen-bond donors (Lipinski definition) is 3. The summed E-state index contributed by atoms with van der Waals surface area (Å²) in [6.07, 6.45) is 4.87. The zero-order chi connectivity index (χ0) is 18.7. The quantitative estimate of drug-likeness (QED) is 0.355. The summed E-state index contributed by atoms with van der Waals surface area (Å²) in [6, 6.07) is 4.43. The molecule has 1 rings (SSSR count). The number of halogens is 1. The van der Waals surface area contributed by atoms with Gasteiger partial charge in [-0.05, 0) is 42.3 Å². The molecule has 1 amide bonds. The number of carbonyl (C=O) groups excluding carboxylic acids is 1. The van der Waals surface area contributed by atoms with Gasteiger partial charge in [0.15, 0.2) is 16.7 Å².